The Morgan fingerprint density at radius 2 is 2.00 bits per heavy atom. The molecule has 23 heavy (non-hydrogen) atoms. The molecule has 1 amide bonds. The molecule has 1 saturated carbocycles. The number of hydrogen-bond donors (Lipinski definition) is 2. The molecule has 1 aromatic rings. The average molecular weight is 362 g/mol. The predicted octanol–water partition coefficient (Wildman–Crippen LogP) is 1.06. The molecule has 0 aromatic carbocycles. The molecule has 10 heteroatoms. The molecular weight excluding hydrogens is 340 g/mol. The van der Waals surface area contributed by atoms with Crippen molar-refractivity contribution in [1.29, 1.82) is 0 Å². The zero-order chi connectivity index (χ0) is 17.2. The largest absolute Gasteiger partial charge is 0.391 e. The first-order valence-electron chi connectivity index (χ1n) is 7.54. The normalized spacial score (nSPS) is 22.5. The van der Waals surface area contributed by atoms with E-state index in [0.29, 0.717) is 12.8 Å². The van der Waals surface area contributed by atoms with Gasteiger partial charge in [-0.2, -0.15) is 4.31 Å². The Morgan fingerprint density at radius 1 is 1.35 bits per heavy atom. The maximum Gasteiger partial charge on any atom is 0.272 e. The van der Waals surface area contributed by atoms with Gasteiger partial charge in [0, 0.05) is 13.0 Å². The summed E-state index contributed by atoms with van der Waals surface area (Å²) in [6.07, 6.45) is 2.32. The second-order valence-electron chi connectivity index (χ2n) is 5.96. The van der Waals surface area contributed by atoms with Gasteiger partial charge in [0.15, 0.2) is 0 Å². The van der Waals surface area contributed by atoms with Crippen molar-refractivity contribution in [2.45, 2.75) is 56.0 Å². The van der Waals surface area contributed by atoms with Crippen molar-refractivity contribution in [3.8, 4) is 0 Å². The van der Waals surface area contributed by atoms with E-state index in [2.05, 4.69) is 15.5 Å². The third kappa shape index (κ3) is 4.06. The van der Waals surface area contributed by atoms with E-state index >= 15 is 0 Å². The molecule has 1 aliphatic rings. The first-order valence-corrected chi connectivity index (χ1v) is 9.79. The lowest BCUT2D eigenvalue weighted by Crippen LogP contribution is -2.46. The Hall–Kier alpha value is -1.10. The minimum atomic E-state index is -3.84. The van der Waals surface area contributed by atoms with Crippen LogP contribution in [0.1, 0.15) is 39.5 Å². The van der Waals surface area contributed by atoms with E-state index in [0.717, 1.165) is 24.2 Å². The summed E-state index contributed by atoms with van der Waals surface area (Å²) in [7, 11) is -2.39. The van der Waals surface area contributed by atoms with Gasteiger partial charge >= 0.3 is 0 Å². The smallest absolute Gasteiger partial charge is 0.272 e. The van der Waals surface area contributed by atoms with Gasteiger partial charge in [0.1, 0.15) is 0 Å². The van der Waals surface area contributed by atoms with Crippen molar-refractivity contribution in [1.82, 2.24) is 14.5 Å². The Kier molecular flexibility index (Phi) is 5.71. The van der Waals surface area contributed by atoms with E-state index in [-0.39, 0.29) is 21.3 Å². The molecule has 2 N–H and O–H groups in total. The highest BCUT2D eigenvalue weighted by Crippen LogP contribution is 2.29. The fourth-order valence-corrected chi connectivity index (χ4v) is 4.92. The fourth-order valence-electron chi connectivity index (χ4n) is 2.43. The Labute approximate surface area is 140 Å². The molecule has 0 aliphatic heterocycles. The van der Waals surface area contributed by atoms with Gasteiger partial charge in [-0.05, 0) is 12.8 Å². The zero-order valence-corrected chi connectivity index (χ0v) is 15.0. The molecular formula is C13H22N4O4S2. The molecule has 0 saturated heterocycles. The second kappa shape index (κ2) is 7.20. The van der Waals surface area contributed by atoms with Crippen molar-refractivity contribution >= 4 is 32.4 Å². The summed E-state index contributed by atoms with van der Waals surface area (Å²) < 4.78 is 26.2. The SMILES string of the molecule is CC(C)C(=O)Nc1nnc(S(=O)(=O)N(C)[C@@H]2CCCC[C@H]2O)s1. The molecule has 0 unspecified atom stereocenters. The zero-order valence-electron chi connectivity index (χ0n) is 13.4. The molecule has 1 aromatic heterocycles. The molecule has 8 nitrogen and oxygen atoms in total. The van der Waals surface area contributed by atoms with Gasteiger partial charge in [0.2, 0.25) is 15.4 Å². The van der Waals surface area contributed by atoms with Crippen molar-refractivity contribution in [2.75, 3.05) is 12.4 Å². The van der Waals surface area contributed by atoms with Gasteiger partial charge < -0.3 is 10.4 Å². The Morgan fingerprint density at radius 3 is 2.61 bits per heavy atom. The van der Waals surface area contributed by atoms with Crippen molar-refractivity contribution in [3.05, 3.63) is 0 Å². The quantitative estimate of drug-likeness (QED) is 0.757. The van der Waals surface area contributed by atoms with Crippen LogP contribution in [-0.2, 0) is 14.8 Å². The minimum absolute atomic E-state index is 0.153. The molecule has 0 radical (unpaired) electrons. The standard InChI is InChI=1S/C13H22N4O4S2/c1-8(2)11(19)14-12-15-16-13(22-12)23(20,21)17(3)9-6-4-5-7-10(9)18/h8-10,18H,4-7H2,1-3H3,(H,14,15,19)/t9-,10-/m1/s1. The molecule has 0 bridgehead atoms. The molecule has 1 fully saturated rings. The van der Waals surface area contributed by atoms with Crippen LogP contribution in [0.15, 0.2) is 4.34 Å². The van der Waals surface area contributed by atoms with E-state index in [1.54, 1.807) is 13.8 Å². The highest BCUT2D eigenvalue weighted by Gasteiger charge is 2.36. The fraction of sp³-hybridized carbons (Fsp3) is 0.769. The van der Waals surface area contributed by atoms with Gasteiger partial charge in [-0.15, -0.1) is 10.2 Å². The number of rotatable bonds is 5. The van der Waals surface area contributed by atoms with E-state index < -0.39 is 22.2 Å². The van der Waals surface area contributed by atoms with Gasteiger partial charge in [-0.3, -0.25) is 4.79 Å². The molecule has 130 valence electrons. The highest BCUT2D eigenvalue weighted by atomic mass is 32.2. The number of amides is 1. The average Bonchev–Trinajstić information content (AvgIpc) is 2.96. The number of carbonyl (C=O) groups excluding carboxylic acids is 1. The number of aromatic nitrogens is 2. The van der Waals surface area contributed by atoms with Gasteiger partial charge in [-0.1, -0.05) is 38.0 Å². The Bertz CT molecular complexity index is 659. The highest BCUT2D eigenvalue weighted by molar-refractivity contribution is 7.91. The monoisotopic (exact) mass is 362 g/mol. The van der Waals surface area contributed by atoms with Gasteiger partial charge in [-0.25, -0.2) is 8.42 Å². The lowest BCUT2D eigenvalue weighted by molar-refractivity contribution is -0.118. The number of carbonyl (C=O) groups is 1. The number of aliphatic hydroxyl groups is 1. The minimum Gasteiger partial charge on any atom is -0.391 e. The number of hydrogen-bond acceptors (Lipinski definition) is 7. The van der Waals surface area contributed by atoms with Crippen LogP contribution in [0.3, 0.4) is 0 Å². The van der Waals surface area contributed by atoms with Crippen LogP contribution in [0.4, 0.5) is 5.13 Å². The summed E-state index contributed by atoms with van der Waals surface area (Å²) in [5.41, 5.74) is 0. The maximum absolute atomic E-state index is 12.6. The van der Waals surface area contributed by atoms with Crippen LogP contribution in [0.2, 0.25) is 0 Å². The number of aliphatic hydroxyl groups excluding tert-OH is 1. The maximum atomic E-state index is 12.6. The van der Waals surface area contributed by atoms with Gasteiger partial charge in [0.25, 0.3) is 10.0 Å². The topological polar surface area (TPSA) is 112 Å². The second-order valence-corrected chi connectivity index (χ2v) is 9.11. The first kappa shape index (κ1) is 18.2. The van der Waals surface area contributed by atoms with E-state index in [1.165, 1.54) is 11.4 Å². The van der Waals surface area contributed by atoms with Crippen LogP contribution in [0.5, 0.6) is 0 Å². The number of nitrogens with zero attached hydrogens (tertiary/aromatic N) is 3. The number of sulfonamides is 1. The molecule has 0 spiro atoms. The van der Waals surface area contributed by atoms with Crippen molar-refractivity contribution < 1.29 is 18.3 Å². The summed E-state index contributed by atoms with van der Waals surface area (Å²) in [5, 5.41) is 20.1. The number of nitrogens with one attached hydrogen (secondary N) is 1. The van der Waals surface area contributed by atoms with Crippen LogP contribution >= 0.6 is 11.3 Å². The van der Waals surface area contributed by atoms with Crippen LogP contribution in [0, 0.1) is 5.92 Å². The van der Waals surface area contributed by atoms with Crippen LogP contribution in [-0.4, -0.2) is 53.1 Å². The summed E-state index contributed by atoms with van der Waals surface area (Å²) in [6.45, 7) is 3.46. The molecule has 2 rings (SSSR count). The molecule has 2 atom stereocenters. The Balaban J connectivity index is 2.16. The van der Waals surface area contributed by atoms with Crippen molar-refractivity contribution in [3.63, 3.8) is 0 Å². The number of likely N-dealkylation sites (N-methyl/N-ethyl adjacent to an activating group) is 1. The van der Waals surface area contributed by atoms with E-state index in [9.17, 15) is 18.3 Å². The molecule has 1 aliphatic carbocycles. The van der Waals surface area contributed by atoms with E-state index in [1.807, 2.05) is 0 Å². The molecule has 1 heterocycles. The van der Waals surface area contributed by atoms with Crippen LogP contribution < -0.4 is 5.32 Å². The van der Waals surface area contributed by atoms with Crippen molar-refractivity contribution in [2.24, 2.45) is 5.92 Å². The summed E-state index contributed by atoms with van der Waals surface area (Å²) in [4.78, 5) is 11.6. The number of anilines is 1. The third-order valence-electron chi connectivity index (χ3n) is 3.92. The lowest BCUT2D eigenvalue weighted by atomic mass is 9.93. The van der Waals surface area contributed by atoms with Gasteiger partial charge in [0.05, 0.1) is 12.1 Å². The summed E-state index contributed by atoms with van der Waals surface area (Å²) in [5.74, 6) is -0.486. The predicted molar refractivity (Wildman–Crippen MR) is 86.6 cm³/mol. The third-order valence-corrected chi connectivity index (χ3v) is 6.99. The first-order chi connectivity index (χ1) is 10.7. The lowest BCUT2D eigenvalue weighted by Gasteiger charge is -2.33. The van der Waals surface area contributed by atoms with E-state index in [4.69, 9.17) is 0 Å². The van der Waals surface area contributed by atoms with Crippen LogP contribution in [0.25, 0.3) is 0 Å². The summed E-state index contributed by atoms with van der Waals surface area (Å²) >= 11 is 0.814. The summed E-state index contributed by atoms with van der Waals surface area (Å²) in [6, 6.07) is -0.452.